The van der Waals surface area contributed by atoms with Crippen LogP contribution in [0.3, 0.4) is 0 Å². The Morgan fingerprint density at radius 2 is 1.96 bits per heavy atom. The molecular weight excluding hydrogens is 316 g/mol. The van der Waals surface area contributed by atoms with Crippen molar-refractivity contribution in [3.63, 3.8) is 0 Å². The van der Waals surface area contributed by atoms with Crippen molar-refractivity contribution >= 4 is 0 Å². The largest absolute Gasteiger partial charge is 0.332 e. The van der Waals surface area contributed by atoms with Crippen LogP contribution in [0.15, 0.2) is 35.1 Å². The predicted octanol–water partition coefficient (Wildman–Crippen LogP) is 3.38. The van der Waals surface area contributed by atoms with Crippen LogP contribution < -0.4 is 0 Å². The maximum absolute atomic E-state index is 5.49. The third-order valence-electron chi connectivity index (χ3n) is 4.73. The van der Waals surface area contributed by atoms with Crippen LogP contribution in [0.5, 0.6) is 0 Å². The van der Waals surface area contributed by atoms with Gasteiger partial charge in [-0.05, 0) is 19.1 Å². The highest BCUT2D eigenvalue weighted by Crippen LogP contribution is 2.34. The Hall–Kier alpha value is -3.09. The second kappa shape index (κ2) is 4.95. The molecule has 25 heavy (non-hydrogen) atoms. The van der Waals surface area contributed by atoms with Gasteiger partial charge < -0.3 is 4.52 Å². The first-order chi connectivity index (χ1) is 12.1. The topological polar surface area (TPSA) is 77.5 Å². The van der Waals surface area contributed by atoms with Gasteiger partial charge in [0.25, 0.3) is 5.89 Å². The van der Waals surface area contributed by atoms with E-state index in [1.165, 1.54) is 11.4 Å². The summed E-state index contributed by atoms with van der Waals surface area (Å²) in [4.78, 5) is 9.12. The van der Waals surface area contributed by atoms with Crippen LogP contribution in [0, 0.1) is 6.92 Å². The molecule has 1 aliphatic heterocycles. The lowest BCUT2D eigenvalue weighted by atomic mass is 10.1. The molecule has 0 aliphatic carbocycles. The summed E-state index contributed by atoms with van der Waals surface area (Å²) >= 11 is 0. The number of aromatic amines is 1. The molecule has 0 saturated heterocycles. The zero-order valence-electron chi connectivity index (χ0n) is 14.3. The first kappa shape index (κ1) is 14.3. The molecule has 0 atom stereocenters. The molecule has 1 N–H and O–H groups in total. The SMILES string of the molecule is Cc1[nH]n2c1Cc1c(-c3nc(C(C)C)no3)ncn1-c1ccccc1-2. The average Bonchev–Trinajstić information content (AvgIpc) is 3.22. The van der Waals surface area contributed by atoms with Crippen molar-refractivity contribution in [2.24, 2.45) is 0 Å². The Morgan fingerprint density at radius 1 is 1.16 bits per heavy atom. The maximum Gasteiger partial charge on any atom is 0.278 e. The van der Waals surface area contributed by atoms with Crippen LogP contribution in [-0.4, -0.2) is 29.5 Å². The molecule has 7 heteroatoms. The molecule has 0 spiro atoms. The smallest absolute Gasteiger partial charge is 0.278 e. The van der Waals surface area contributed by atoms with Gasteiger partial charge in [0.05, 0.1) is 28.5 Å². The van der Waals surface area contributed by atoms with Gasteiger partial charge >= 0.3 is 0 Å². The minimum atomic E-state index is 0.218. The number of aromatic nitrogens is 6. The van der Waals surface area contributed by atoms with E-state index in [-0.39, 0.29) is 5.92 Å². The summed E-state index contributed by atoms with van der Waals surface area (Å²) in [6.45, 7) is 6.18. The van der Waals surface area contributed by atoms with E-state index in [4.69, 9.17) is 4.52 Å². The minimum absolute atomic E-state index is 0.218. The standard InChI is InChI=1S/C18H18N6O/c1-10(2)17-20-18(25-22-17)16-15-8-14-11(3)21-24(14)13-7-5-4-6-12(13)23(15)9-19-16/h4-7,9-10,21H,8H2,1-3H3. The molecule has 4 aromatic rings. The number of rotatable bonds is 2. The number of nitrogens with zero attached hydrogens (tertiary/aromatic N) is 5. The maximum atomic E-state index is 5.49. The molecular formula is C18H18N6O. The second-order valence-electron chi connectivity index (χ2n) is 6.71. The van der Waals surface area contributed by atoms with Crippen molar-refractivity contribution in [3.8, 4) is 23.0 Å². The van der Waals surface area contributed by atoms with Crippen molar-refractivity contribution in [2.75, 3.05) is 0 Å². The molecule has 0 saturated carbocycles. The summed E-state index contributed by atoms with van der Waals surface area (Å²) in [7, 11) is 0. The monoisotopic (exact) mass is 334 g/mol. The van der Waals surface area contributed by atoms with Crippen molar-refractivity contribution in [1.82, 2.24) is 29.5 Å². The number of nitrogens with one attached hydrogen (secondary N) is 1. The van der Waals surface area contributed by atoms with E-state index in [2.05, 4.69) is 48.5 Å². The third-order valence-corrected chi connectivity index (χ3v) is 4.73. The zero-order valence-corrected chi connectivity index (χ0v) is 14.3. The van der Waals surface area contributed by atoms with Gasteiger partial charge in [0, 0.05) is 12.3 Å². The van der Waals surface area contributed by atoms with E-state index in [1.54, 1.807) is 0 Å². The number of fused-ring (bicyclic) bond motifs is 5. The van der Waals surface area contributed by atoms with Crippen LogP contribution in [0.1, 0.15) is 42.7 Å². The number of imidazole rings is 1. The van der Waals surface area contributed by atoms with Crippen LogP contribution >= 0.6 is 0 Å². The molecule has 5 rings (SSSR count). The van der Waals surface area contributed by atoms with Gasteiger partial charge in [0.1, 0.15) is 6.33 Å². The van der Waals surface area contributed by atoms with Crippen molar-refractivity contribution in [2.45, 2.75) is 33.1 Å². The highest BCUT2D eigenvalue weighted by atomic mass is 16.5. The Labute approximate surface area is 144 Å². The summed E-state index contributed by atoms with van der Waals surface area (Å²) in [6.07, 6.45) is 2.59. The van der Waals surface area contributed by atoms with Gasteiger partial charge in [-0.15, -0.1) is 0 Å². The van der Waals surface area contributed by atoms with E-state index >= 15 is 0 Å². The zero-order chi connectivity index (χ0) is 17.1. The van der Waals surface area contributed by atoms with Crippen LogP contribution in [0.2, 0.25) is 0 Å². The fraction of sp³-hybridized carbons (Fsp3) is 0.278. The lowest BCUT2D eigenvalue weighted by Gasteiger charge is -2.20. The average molecular weight is 334 g/mol. The Bertz CT molecular complexity index is 1080. The molecule has 0 amide bonds. The number of H-pyrrole nitrogens is 1. The van der Waals surface area contributed by atoms with E-state index in [9.17, 15) is 0 Å². The molecule has 7 nitrogen and oxygen atoms in total. The van der Waals surface area contributed by atoms with Gasteiger partial charge in [0.15, 0.2) is 11.5 Å². The molecule has 0 radical (unpaired) electrons. The lowest BCUT2D eigenvalue weighted by molar-refractivity contribution is 0.418. The van der Waals surface area contributed by atoms with Gasteiger partial charge in [-0.25, -0.2) is 4.98 Å². The Morgan fingerprint density at radius 3 is 2.68 bits per heavy atom. The number of aryl methyl sites for hydroxylation is 1. The van der Waals surface area contributed by atoms with Gasteiger partial charge in [0.2, 0.25) is 0 Å². The highest BCUT2D eigenvalue weighted by molar-refractivity contribution is 5.62. The fourth-order valence-electron chi connectivity index (χ4n) is 3.34. The molecule has 3 aromatic heterocycles. The lowest BCUT2D eigenvalue weighted by Crippen LogP contribution is -2.17. The predicted molar refractivity (Wildman–Crippen MR) is 92.2 cm³/mol. The number of benzene rings is 1. The summed E-state index contributed by atoms with van der Waals surface area (Å²) in [5.74, 6) is 1.40. The molecule has 4 heterocycles. The number of hydrogen-bond donors (Lipinski definition) is 1. The van der Waals surface area contributed by atoms with Gasteiger partial charge in [-0.1, -0.05) is 31.1 Å². The fourth-order valence-corrected chi connectivity index (χ4v) is 3.34. The first-order valence-electron chi connectivity index (χ1n) is 8.39. The highest BCUT2D eigenvalue weighted by Gasteiger charge is 2.27. The van der Waals surface area contributed by atoms with Crippen LogP contribution in [0.25, 0.3) is 23.0 Å². The molecule has 0 bridgehead atoms. The van der Waals surface area contributed by atoms with E-state index in [1.807, 2.05) is 32.3 Å². The molecule has 0 fully saturated rings. The van der Waals surface area contributed by atoms with E-state index in [0.717, 1.165) is 29.2 Å². The summed E-state index contributed by atoms with van der Waals surface area (Å²) in [5.41, 5.74) is 6.41. The number of para-hydroxylation sites is 2. The number of hydrogen-bond acceptors (Lipinski definition) is 4. The third kappa shape index (κ3) is 1.95. The van der Waals surface area contributed by atoms with Crippen molar-refractivity contribution in [1.29, 1.82) is 0 Å². The van der Waals surface area contributed by atoms with Crippen molar-refractivity contribution in [3.05, 3.63) is 53.5 Å². The minimum Gasteiger partial charge on any atom is -0.332 e. The summed E-state index contributed by atoms with van der Waals surface area (Å²) < 4.78 is 9.74. The Balaban J connectivity index is 1.72. The second-order valence-corrected chi connectivity index (χ2v) is 6.71. The molecule has 0 unspecified atom stereocenters. The molecule has 1 aliphatic rings. The van der Waals surface area contributed by atoms with Crippen LogP contribution in [0.4, 0.5) is 0 Å². The Kier molecular flexibility index (Phi) is 2.83. The summed E-state index contributed by atoms with van der Waals surface area (Å²) in [5, 5.41) is 7.45. The quantitative estimate of drug-likeness (QED) is 0.537. The van der Waals surface area contributed by atoms with E-state index < -0.39 is 0 Å². The molecule has 126 valence electrons. The van der Waals surface area contributed by atoms with E-state index in [0.29, 0.717) is 11.7 Å². The van der Waals surface area contributed by atoms with Crippen molar-refractivity contribution < 1.29 is 4.52 Å². The van der Waals surface area contributed by atoms with Gasteiger partial charge in [-0.2, -0.15) is 4.98 Å². The summed E-state index contributed by atoms with van der Waals surface area (Å²) in [6, 6.07) is 8.28. The normalized spacial score (nSPS) is 12.8. The first-order valence-corrected chi connectivity index (χ1v) is 8.39. The van der Waals surface area contributed by atoms with Crippen LogP contribution in [-0.2, 0) is 6.42 Å². The van der Waals surface area contributed by atoms with Gasteiger partial charge in [-0.3, -0.25) is 14.3 Å². The molecule has 1 aromatic carbocycles.